The number of likely N-dealkylation sites (N-methyl/N-ethyl adjacent to an activating group) is 1. The second kappa shape index (κ2) is 6.73. The molecule has 1 N–H and O–H groups in total. The van der Waals surface area contributed by atoms with Gasteiger partial charge in [-0.1, -0.05) is 12.1 Å². The summed E-state index contributed by atoms with van der Waals surface area (Å²) in [4.78, 5) is 17.0. The second-order valence-corrected chi connectivity index (χ2v) is 7.45. The lowest BCUT2D eigenvalue weighted by Gasteiger charge is -2.41. The zero-order valence-corrected chi connectivity index (χ0v) is 14.9. The minimum Gasteiger partial charge on any atom is -0.496 e. The Labute approximate surface area is 144 Å². The van der Waals surface area contributed by atoms with Gasteiger partial charge in [-0.25, -0.2) is 0 Å². The number of amides is 1. The third kappa shape index (κ3) is 3.28. The van der Waals surface area contributed by atoms with Crippen LogP contribution >= 0.6 is 0 Å². The van der Waals surface area contributed by atoms with Crippen molar-refractivity contribution in [3.63, 3.8) is 0 Å². The predicted octanol–water partition coefficient (Wildman–Crippen LogP) is 1.64. The topological polar surface area (TPSA) is 53.0 Å². The molecule has 2 unspecified atom stereocenters. The number of likely N-dealkylation sites (tertiary alicyclic amines) is 1. The molecule has 132 valence electrons. The maximum absolute atomic E-state index is 13.2. The van der Waals surface area contributed by atoms with E-state index in [1.807, 2.05) is 36.0 Å². The Balaban J connectivity index is 1.79. The molecule has 0 saturated carbocycles. The van der Waals surface area contributed by atoms with Crippen molar-refractivity contribution in [2.75, 3.05) is 40.8 Å². The summed E-state index contributed by atoms with van der Waals surface area (Å²) in [7, 11) is 5.57. The molecular formula is C19H28N2O3. The Bertz CT molecular complexity index is 617. The monoisotopic (exact) mass is 332 g/mol. The number of β-amino-alcohol motifs (C(OH)–C–C–N with tert-alkyl or cyclic N) is 1. The number of fused-ring (bicyclic) bond motifs is 1. The molecule has 5 nitrogen and oxygen atoms in total. The quantitative estimate of drug-likeness (QED) is 0.911. The van der Waals surface area contributed by atoms with Crippen molar-refractivity contribution in [2.45, 2.75) is 37.2 Å². The van der Waals surface area contributed by atoms with Crippen LogP contribution in [0.3, 0.4) is 0 Å². The number of methoxy groups -OCH3 is 1. The normalized spacial score (nSPS) is 26.5. The number of hydrogen-bond acceptors (Lipinski definition) is 4. The van der Waals surface area contributed by atoms with E-state index in [1.165, 1.54) is 5.56 Å². The number of piperidine rings is 1. The molecule has 1 aliphatic heterocycles. The summed E-state index contributed by atoms with van der Waals surface area (Å²) in [5.41, 5.74) is 1.46. The smallest absolute Gasteiger partial charge is 0.230 e. The van der Waals surface area contributed by atoms with Crippen molar-refractivity contribution >= 4 is 5.91 Å². The van der Waals surface area contributed by atoms with E-state index in [4.69, 9.17) is 4.74 Å². The summed E-state index contributed by atoms with van der Waals surface area (Å²) in [6, 6.07) is 6.01. The Morgan fingerprint density at radius 2 is 2.25 bits per heavy atom. The van der Waals surface area contributed by atoms with Crippen LogP contribution in [0.25, 0.3) is 0 Å². The highest BCUT2D eigenvalue weighted by Crippen LogP contribution is 2.41. The van der Waals surface area contributed by atoms with E-state index in [-0.39, 0.29) is 11.8 Å². The van der Waals surface area contributed by atoms with Crippen molar-refractivity contribution in [3.05, 3.63) is 29.3 Å². The molecule has 1 aliphatic carbocycles. The molecule has 1 saturated heterocycles. The van der Waals surface area contributed by atoms with Crippen LogP contribution < -0.4 is 4.74 Å². The second-order valence-electron chi connectivity index (χ2n) is 7.45. The van der Waals surface area contributed by atoms with Crippen LogP contribution in [0.5, 0.6) is 5.75 Å². The molecule has 1 aromatic rings. The molecule has 0 aromatic heterocycles. The number of ether oxygens (including phenoxy) is 1. The average molecular weight is 332 g/mol. The molecule has 1 fully saturated rings. The zero-order chi connectivity index (χ0) is 17.3. The number of nitrogens with zero attached hydrogens (tertiary/aromatic N) is 2. The highest BCUT2D eigenvalue weighted by Gasteiger charge is 2.40. The molecule has 2 aliphatic rings. The zero-order valence-electron chi connectivity index (χ0n) is 14.9. The Kier molecular flexibility index (Phi) is 4.83. The molecular weight excluding hydrogens is 304 g/mol. The lowest BCUT2D eigenvalue weighted by molar-refractivity contribution is -0.140. The first-order valence-electron chi connectivity index (χ1n) is 8.75. The van der Waals surface area contributed by atoms with E-state index in [0.29, 0.717) is 13.1 Å². The molecule has 3 rings (SSSR count). The lowest BCUT2D eigenvalue weighted by atomic mass is 9.90. The Hall–Kier alpha value is -1.59. The largest absolute Gasteiger partial charge is 0.496 e. The van der Waals surface area contributed by atoms with E-state index in [0.717, 1.165) is 43.5 Å². The van der Waals surface area contributed by atoms with Crippen LogP contribution in [-0.4, -0.2) is 67.3 Å². The maximum atomic E-state index is 13.2. The minimum atomic E-state index is -0.806. The Morgan fingerprint density at radius 1 is 1.46 bits per heavy atom. The van der Waals surface area contributed by atoms with Gasteiger partial charge in [0.1, 0.15) is 5.75 Å². The summed E-state index contributed by atoms with van der Waals surface area (Å²) in [6.07, 6.45) is 3.34. The first-order chi connectivity index (χ1) is 11.4. The molecule has 0 radical (unpaired) electrons. The summed E-state index contributed by atoms with van der Waals surface area (Å²) >= 11 is 0. The number of hydrogen-bond donors (Lipinski definition) is 1. The van der Waals surface area contributed by atoms with Gasteiger partial charge in [0, 0.05) is 18.7 Å². The van der Waals surface area contributed by atoms with E-state index in [2.05, 4.69) is 6.07 Å². The van der Waals surface area contributed by atoms with Crippen LogP contribution in [0.2, 0.25) is 0 Å². The van der Waals surface area contributed by atoms with Crippen LogP contribution in [0.15, 0.2) is 18.2 Å². The van der Waals surface area contributed by atoms with Crippen molar-refractivity contribution in [3.8, 4) is 5.75 Å². The SMILES string of the molecule is COc1cccc2c1C(C(=O)N1CCCC(O)(CN(C)C)C1)CC2. The van der Waals surface area contributed by atoms with Crippen LogP contribution in [0.4, 0.5) is 0 Å². The minimum absolute atomic E-state index is 0.134. The van der Waals surface area contributed by atoms with Gasteiger partial charge in [0.15, 0.2) is 0 Å². The number of aliphatic hydroxyl groups is 1. The van der Waals surface area contributed by atoms with E-state index in [9.17, 15) is 9.90 Å². The fraction of sp³-hybridized carbons (Fsp3) is 0.632. The number of aryl methyl sites for hydroxylation is 1. The average Bonchev–Trinajstić information content (AvgIpc) is 2.97. The molecule has 0 bridgehead atoms. The number of rotatable bonds is 4. The fourth-order valence-corrected chi connectivity index (χ4v) is 4.31. The van der Waals surface area contributed by atoms with Crippen LogP contribution in [0, 0.1) is 0 Å². The van der Waals surface area contributed by atoms with Crippen molar-refractivity contribution < 1.29 is 14.6 Å². The predicted molar refractivity (Wildman–Crippen MR) is 93.4 cm³/mol. The number of benzene rings is 1. The Morgan fingerprint density at radius 3 is 2.96 bits per heavy atom. The number of carbonyl (C=O) groups is 1. The summed E-state index contributed by atoms with van der Waals surface area (Å²) in [6.45, 7) is 1.74. The first kappa shape index (κ1) is 17.2. The molecule has 1 amide bonds. The highest BCUT2D eigenvalue weighted by atomic mass is 16.5. The highest BCUT2D eigenvalue weighted by molar-refractivity contribution is 5.86. The summed E-state index contributed by atoms with van der Waals surface area (Å²) < 4.78 is 5.49. The first-order valence-corrected chi connectivity index (χ1v) is 8.75. The third-order valence-electron chi connectivity index (χ3n) is 5.20. The molecule has 0 spiro atoms. The van der Waals surface area contributed by atoms with Crippen molar-refractivity contribution in [1.29, 1.82) is 0 Å². The van der Waals surface area contributed by atoms with Gasteiger partial charge in [0.05, 0.1) is 25.2 Å². The van der Waals surface area contributed by atoms with Gasteiger partial charge in [-0.05, 0) is 51.4 Å². The lowest BCUT2D eigenvalue weighted by Crippen LogP contribution is -2.55. The molecule has 1 aromatic carbocycles. The molecule has 2 atom stereocenters. The van der Waals surface area contributed by atoms with Gasteiger partial charge in [0.25, 0.3) is 0 Å². The van der Waals surface area contributed by atoms with Gasteiger partial charge in [0.2, 0.25) is 5.91 Å². The van der Waals surface area contributed by atoms with Crippen molar-refractivity contribution in [2.24, 2.45) is 0 Å². The van der Waals surface area contributed by atoms with E-state index < -0.39 is 5.60 Å². The standard InChI is InChI=1S/C19H28N2O3/c1-20(2)12-19(23)10-5-11-21(13-19)18(22)15-9-8-14-6-4-7-16(24-3)17(14)15/h4,6-7,15,23H,5,8-13H2,1-3H3. The van der Waals surface area contributed by atoms with E-state index >= 15 is 0 Å². The van der Waals surface area contributed by atoms with Gasteiger partial charge < -0.3 is 19.6 Å². The third-order valence-corrected chi connectivity index (χ3v) is 5.20. The van der Waals surface area contributed by atoms with Crippen LogP contribution in [-0.2, 0) is 11.2 Å². The molecule has 1 heterocycles. The van der Waals surface area contributed by atoms with Crippen molar-refractivity contribution in [1.82, 2.24) is 9.80 Å². The summed E-state index contributed by atoms with van der Waals surface area (Å²) in [5, 5.41) is 10.8. The number of carbonyl (C=O) groups excluding carboxylic acids is 1. The van der Waals surface area contributed by atoms with Crippen LogP contribution in [0.1, 0.15) is 36.3 Å². The van der Waals surface area contributed by atoms with E-state index in [1.54, 1.807) is 7.11 Å². The van der Waals surface area contributed by atoms with Gasteiger partial charge >= 0.3 is 0 Å². The maximum Gasteiger partial charge on any atom is 0.230 e. The van der Waals surface area contributed by atoms with Gasteiger partial charge in [-0.15, -0.1) is 0 Å². The van der Waals surface area contributed by atoms with Gasteiger partial charge in [-0.3, -0.25) is 4.79 Å². The molecule has 24 heavy (non-hydrogen) atoms. The fourth-order valence-electron chi connectivity index (χ4n) is 4.31. The van der Waals surface area contributed by atoms with Gasteiger partial charge in [-0.2, -0.15) is 0 Å². The molecule has 5 heteroatoms. The summed E-state index contributed by atoms with van der Waals surface area (Å²) in [5.74, 6) is 0.803.